The highest BCUT2D eigenvalue weighted by atomic mass is 79.9. The predicted octanol–water partition coefficient (Wildman–Crippen LogP) is 3.16. The normalized spacial score (nSPS) is 18.9. The summed E-state index contributed by atoms with van der Waals surface area (Å²) < 4.78 is 6.27. The van der Waals surface area contributed by atoms with Crippen LogP contribution in [0.1, 0.15) is 18.4 Å². The van der Waals surface area contributed by atoms with E-state index >= 15 is 0 Å². The van der Waals surface area contributed by atoms with E-state index in [-0.39, 0.29) is 0 Å². The molecule has 17 heavy (non-hydrogen) atoms. The van der Waals surface area contributed by atoms with Crippen molar-refractivity contribution >= 4 is 21.6 Å². The third kappa shape index (κ3) is 3.72. The van der Waals surface area contributed by atoms with E-state index in [0.29, 0.717) is 11.5 Å². The molecule has 1 fully saturated rings. The largest absolute Gasteiger partial charge is 0.385 e. The minimum absolute atomic E-state index is 0.672. The van der Waals surface area contributed by atoms with Gasteiger partial charge in [-0.2, -0.15) is 5.26 Å². The molecule has 0 saturated carbocycles. The summed E-state index contributed by atoms with van der Waals surface area (Å²) in [6.07, 6.45) is 2.29. The maximum atomic E-state index is 8.87. The predicted molar refractivity (Wildman–Crippen MR) is 70.9 cm³/mol. The molecule has 90 valence electrons. The van der Waals surface area contributed by atoms with Gasteiger partial charge in [-0.05, 0) is 37.0 Å². The lowest BCUT2D eigenvalue weighted by atomic mass is 10.1. The molecule has 1 aromatic carbocycles. The van der Waals surface area contributed by atoms with Gasteiger partial charge in [0.25, 0.3) is 0 Å². The van der Waals surface area contributed by atoms with E-state index in [9.17, 15) is 0 Å². The van der Waals surface area contributed by atoms with Crippen molar-refractivity contribution in [2.75, 3.05) is 25.1 Å². The Morgan fingerprint density at radius 2 is 2.35 bits per heavy atom. The number of halogens is 1. The molecule has 0 amide bonds. The van der Waals surface area contributed by atoms with Crippen LogP contribution in [0.5, 0.6) is 0 Å². The summed E-state index contributed by atoms with van der Waals surface area (Å²) in [6, 6.07) is 7.83. The Hall–Kier alpha value is -1.05. The molecular weight excluding hydrogens is 280 g/mol. The minimum Gasteiger partial charge on any atom is -0.385 e. The van der Waals surface area contributed by atoms with E-state index in [1.807, 2.05) is 18.2 Å². The highest BCUT2D eigenvalue weighted by molar-refractivity contribution is 9.10. The van der Waals surface area contributed by atoms with Crippen LogP contribution in [-0.4, -0.2) is 19.8 Å². The quantitative estimate of drug-likeness (QED) is 0.928. The van der Waals surface area contributed by atoms with E-state index in [2.05, 4.69) is 27.3 Å². The molecule has 1 aliphatic rings. The van der Waals surface area contributed by atoms with Crippen LogP contribution in [0.2, 0.25) is 0 Å². The van der Waals surface area contributed by atoms with Gasteiger partial charge in [0.15, 0.2) is 0 Å². The van der Waals surface area contributed by atoms with Gasteiger partial charge in [-0.1, -0.05) is 15.9 Å². The zero-order valence-electron chi connectivity index (χ0n) is 9.58. The Morgan fingerprint density at radius 1 is 1.47 bits per heavy atom. The SMILES string of the molecule is N#Cc1cc(Br)cc(NCCC2CCOC2)c1. The van der Waals surface area contributed by atoms with Crippen molar-refractivity contribution in [1.29, 1.82) is 5.26 Å². The van der Waals surface area contributed by atoms with Gasteiger partial charge >= 0.3 is 0 Å². The number of nitrogens with one attached hydrogen (secondary N) is 1. The first-order valence-electron chi connectivity index (χ1n) is 5.80. The number of hydrogen-bond acceptors (Lipinski definition) is 3. The molecule has 1 atom stereocenters. The van der Waals surface area contributed by atoms with E-state index in [4.69, 9.17) is 10.00 Å². The van der Waals surface area contributed by atoms with Gasteiger partial charge < -0.3 is 10.1 Å². The van der Waals surface area contributed by atoms with Crippen molar-refractivity contribution in [2.24, 2.45) is 5.92 Å². The summed E-state index contributed by atoms with van der Waals surface area (Å²) in [5.41, 5.74) is 1.67. The van der Waals surface area contributed by atoms with Gasteiger partial charge in [0.2, 0.25) is 0 Å². The number of hydrogen-bond donors (Lipinski definition) is 1. The molecule has 0 radical (unpaired) electrons. The van der Waals surface area contributed by atoms with Crippen molar-refractivity contribution in [3.63, 3.8) is 0 Å². The van der Waals surface area contributed by atoms with Crippen LogP contribution < -0.4 is 5.32 Å². The van der Waals surface area contributed by atoms with E-state index in [1.165, 1.54) is 6.42 Å². The van der Waals surface area contributed by atoms with Crippen molar-refractivity contribution in [3.05, 3.63) is 28.2 Å². The molecule has 1 aliphatic heterocycles. The van der Waals surface area contributed by atoms with Crippen LogP contribution in [0.25, 0.3) is 0 Å². The number of ether oxygens (including phenoxy) is 1. The first-order chi connectivity index (χ1) is 8.28. The lowest BCUT2D eigenvalue weighted by Crippen LogP contribution is -2.09. The van der Waals surface area contributed by atoms with E-state index < -0.39 is 0 Å². The van der Waals surface area contributed by atoms with Crippen molar-refractivity contribution < 1.29 is 4.74 Å². The zero-order chi connectivity index (χ0) is 12.1. The lowest BCUT2D eigenvalue weighted by molar-refractivity contribution is 0.185. The molecule has 1 saturated heterocycles. The van der Waals surface area contributed by atoms with Crippen molar-refractivity contribution in [2.45, 2.75) is 12.8 Å². The smallest absolute Gasteiger partial charge is 0.0992 e. The van der Waals surface area contributed by atoms with Gasteiger partial charge in [0.1, 0.15) is 0 Å². The van der Waals surface area contributed by atoms with Crippen LogP contribution >= 0.6 is 15.9 Å². The van der Waals surface area contributed by atoms with Crippen molar-refractivity contribution in [1.82, 2.24) is 0 Å². The van der Waals surface area contributed by atoms with E-state index in [1.54, 1.807) is 0 Å². The Kier molecular flexibility index (Phi) is 4.41. The average Bonchev–Trinajstić information content (AvgIpc) is 2.81. The van der Waals surface area contributed by atoms with Gasteiger partial charge in [-0.3, -0.25) is 0 Å². The Labute approximate surface area is 110 Å². The van der Waals surface area contributed by atoms with Gasteiger partial charge in [0.05, 0.1) is 11.6 Å². The molecule has 0 aromatic heterocycles. The third-order valence-corrected chi connectivity index (χ3v) is 3.39. The topological polar surface area (TPSA) is 45.0 Å². The van der Waals surface area contributed by atoms with Gasteiger partial charge in [-0.15, -0.1) is 0 Å². The second-order valence-corrected chi connectivity index (χ2v) is 5.20. The number of anilines is 1. The zero-order valence-corrected chi connectivity index (χ0v) is 11.2. The molecule has 1 heterocycles. The summed E-state index contributed by atoms with van der Waals surface area (Å²) in [5, 5.41) is 12.2. The maximum absolute atomic E-state index is 8.87. The highest BCUT2D eigenvalue weighted by Crippen LogP contribution is 2.20. The molecule has 1 aromatic rings. The lowest BCUT2D eigenvalue weighted by Gasteiger charge is -2.10. The van der Waals surface area contributed by atoms with Crippen LogP contribution in [0, 0.1) is 17.2 Å². The fourth-order valence-corrected chi connectivity index (χ4v) is 2.48. The maximum Gasteiger partial charge on any atom is 0.0992 e. The molecule has 1 unspecified atom stereocenters. The van der Waals surface area contributed by atoms with Crippen LogP contribution in [-0.2, 0) is 4.74 Å². The summed E-state index contributed by atoms with van der Waals surface area (Å²) in [4.78, 5) is 0. The fourth-order valence-electron chi connectivity index (χ4n) is 1.99. The molecule has 3 nitrogen and oxygen atoms in total. The van der Waals surface area contributed by atoms with Crippen LogP contribution in [0.15, 0.2) is 22.7 Å². The molecule has 1 N–H and O–H groups in total. The molecule has 0 spiro atoms. The van der Waals surface area contributed by atoms with Crippen molar-refractivity contribution in [3.8, 4) is 6.07 Å². The first kappa shape index (κ1) is 12.4. The van der Waals surface area contributed by atoms with Crippen LogP contribution in [0.4, 0.5) is 5.69 Å². The van der Waals surface area contributed by atoms with Gasteiger partial charge in [0, 0.05) is 29.9 Å². The molecule has 0 aliphatic carbocycles. The number of nitrogens with zero attached hydrogens (tertiary/aromatic N) is 1. The summed E-state index contributed by atoms with van der Waals surface area (Å²) in [5.74, 6) is 0.685. The summed E-state index contributed by atoms with van der Waals surface area (Å²) in [6.45, 7) is 2.72. The fraction of sp³-hybridized carbons (Fsp3) is 0.462. The Balaban J connectivity index is 1.85. The Bertz CT molecular complexity index is 422. The number of nitriles is 1. The number of rotatable bonds is 4. The molecule has 4 heteroatoms. The van der Waals surface area contributed by atoms with E-state index in [0.717, 1.165) is 36.3 Å². The first-order valence-corrected chi connectivity index (χ1v) is 6.59. The Morgan fingerprint density at radius 3 is 3.06 bits per heavy atom. The average molecular weight is 295 g/mol. The van der Waals surface area contributed by atoms with Gasteiger partial charge in [-0.25, -0.2) is 0 Å². The molecule has 0 bridgehead atoms. The molecule has 2 rings (SSSR count). The summed E-state index contributed by atoms with van der Waals surface area (Å²) >= 11 is 3.40. The summed E-state index contributed by atoms with van der Waals surface area (Å²) in [7, 11) is 0. The second-order valence-electron chi connectivity index (χ2n) is 4.29. The number of benzene rings is 1. The monoisotopic (exact) mass is 294 g/mol. The highest BCUT2D eigenvalue weighted by Gasteiger charge is 2.14. The van der Waals surface area contributed by atoms with Crippen LogP contribution in [0.3, 0.4) is 0 Å². The molecular formula is C13H15BrN2O. The third-order valence-electron chi connectivity index (χ3n) is 2.93. The standard InChI is InChI=1S/C13H15BrN2O/c14-12-5-11(8-15)6-13(7-12)16-3-1-10-2-4-17-9-10/h5-7,10,16H,1-4,9H2. The minimum atomic E-state index is 0.672. The second kappa shape index (κ2) is 6.04.